The first-order chi connectivity index (χ1) is 7.61. The molecule has 0 saturated carbocycles. The largest absolute Gasteiger partial charge is 1.00 e. The number of carbonyl (C=O) groups is 1. The lowest BCUT2D eigenvalue weighted by molar-refractivity contribution is -0.716. The lowest BCUT2D eigenvalue weighted by atomic mass is 10.0. The quantitative estimate of drug-likeness (QED) is 0.491. The summed E-state index contributed by atoms with van der Waals surface area (Å²) in [7, 11) is 4.24. The normalized spacial score (nSPS) is 14.1. The van der Waals surface area contributed by atoms with Crippen molar-refractivity contribution in [2.45, 2.75) is 37.8 Å². The number of halogens is 1. The molecular formula is C12H19ClN2OS. The molecule has 3 nitrogen and oxygen atoms in total. The van der Waals surface area contributed by atoms with Crippen molar-refractivity contribution in [2.75, 3.05) is 5.75 Å². The number of thioether (sulfide) groups is 1. The van der Waals surface area contributed by atoms with Gasteiger partial charge < -0.3 is 12.4 Å². The van der Waals surface area contributed by atoms with Crippen molar-refractivity contribution in [3.63, 3.8) is 0 Å². The smallest absolute Gasteiger partial charge is 0.318 e. The molecule has 2 rings (SSSR count). The maximum atomic E-state index is 11.0. The molecule has 0 N–H and O–H groups in total. The van der Waals surface area contributed by atoms with Crippen molar-refractivity contribution in [1.29, 1.82) is 0 Å². The number of aromatic nitrogens is 2. The predicted octanol–water partition coefficient (Wildman–Crippen LogP) is -1.59. The van der Waals surface area contributed by atoms with Crippen molar-refractivity contribution in [2.24, 2.45) is 14.1 Å². The molecule has 0 aliphatic heterocycles. The summed E-state index contributed by atoms with van der Waals surface area (Å²) in [5, 5.41) is 1.21. The van der Waals surface area contributed by atoms with E-state index in [4.69, 9.17) is 0 Å². The van der Waals surface area contributed by atoms with Gasteiger partial charge in [0.2, 0.25) is 0 Å². The fourth-order valence-corrected chi connectivity index (χ4v) is 3.35. The lowest BCUT2D eigenvalue weighted by Gasteiger charge is -2.06. The number of rotatable bonds is 3. The fraction of sp³-hybridized carbons (Fsp3) is 0.667. The van der Waals surface area contributed by atoms with Crippen molar-refractivity contribution in [3.05, 3.63) is 11.4 Å². The van der Waals surface area contributed by atoms with Crippen LogP contribution in [-0.2, 0) is 31.7 Å². The van der Waals surface area contributed by atoms with Crippen molar-refractivity contribution in [3.8, 4) is 0 Å². The van der Waals surface area contributed by atoms with Crippen LogP contribution in [0.25, 0.3) is 0 Å². The highest BCUT2D eigenvalue weighted by molar-refractivity contribution is 7.99. The van der Waals surface area contributed by atoms with E-state index in [1.807, 2.05) is 0 Å². The summed E-state index contributed by atoms with van der Waals surface area (Å²) in [4.78, 5) is 11.0. The molecule has 0 atom stereocenters. The second-order valence-corrected chi connectivity index (χ2v) is 5.43. The van der Waals surface area contributed by atoms with Crippen molar-refractivity contribution < 1.29 is 21.8 Å². The molecule has 0 amide bonds. The second-order valence-electron chi connectivity index (χ2n) is 4.49. The Balaban J connectivity index is 0.00000144. The molecular weight excluding hydrogens is 256 g/mol. The summed E-state index contributed by atoms with van der Waals surface area (Å²) >= 11 is 1.65. The van der Waals surface area contributed by atoms with Gasteiger partial charge in [0.15, 0.2) is 0 Å². The van der Waals surface area contributed by atoms with Crippen LogP contribution >= 0.6 is 11.8 Å². The number of ketones is 1. The van der Waals surface area contributed by atoms with Crippen LogP contribution in [0.1, 0.15) is 31.2 Å². The van der Waals surface area contributed by atoms with Crippen LogP contribution in [0.15, 0.2) is 5.16 Å². The van der Waals surface area contributed by atoms with Crippen LogP contribution in [-0.4, -0.2) is 16.1 Å². The number of Topliss-reactive ketones (excluding diaryl/α,β-unsaturated/α-hetero) is 1. The third-order valence-corrected chi connectivity index (χ3v) is 4.56. The summed E-state index contributed by atoms with van der Waals surface area (Å²) < 4.78 is 4.53. The third-order valence-electron chi connectivity index (χ3n) is 3.20. The Morgan fingerprint density at radius 3 is 2.65 bits per heavy atom. The number of nitrogens with zero attached hydrogens (tertiary/aromatic N) is 2. The zero-order valence-corrected chi connectivity index (χ0v) is 12.2. The Bertz CT molecular complexity index is 399. The van der Waals surface area contributed by atoms with Crippen LogP contribution in [0.4, 0.5) is 0 Å². The molecule has 0 aromatic carbocycles. The molecule has 0 unspecified atom stereocenters. The van der Waals surface area contributed by atoms with Gasteiger partial charge >= 0.3 is 5.16 Å². The van der Waals surface area contributed by atoms with Crippen LogP contribution in [0.5, 0.6) is 0 Å². The zero-order valence-electron chi connectivity index (χ0n) is 10.6. The third kappa shape index (κ3) is 2.86. The predicted molar refractivity (Wildman–Crippen MR) is 64.6 cm³/mol. The highest BCUT2D eigenvalue weighted by Gasteiger charge is 2.28. The first-order valence-electron chi connectivity index (χ1n) is 5.80. The molecule has 1 aromatic rings. The first-order valence-corrected chi connectivity index (χ1v) is 6.78. The van der Waals surface area contributed by atoms with Gasteiger partial charge in [0.1, 0.15) is 17.2 Å². The molecule has 0 radical (unpaired) electrons. The molecule has 0 saturated heterocycles. The van der Waals surface area contributed by atoms with Gasteiger partial charge in [0, 0.05) is 12.8 Å². The van der Waals surface area contributed by atoms with E-state index in [2.05, 4.69) is 23.2 Å². The van der Waals surface area contributed by atoms with Crippen LogP contribution in [0, 0.1) is 0 Å². The summed E-state index contributed by atoms with van der Waals surface area (Å²) in [6.07, 6.45) is 4.95. The minimum Gasteiger partial charge on any atom is -1.00 e. The molecule has 0 bridgehead atoms. The first kappa shape index (κ1) is 14.6. The van der Waals surface area contributed by atoms with Gasteiger partial charge in [-0.1, -0.05) is 0 Å². The van der Waals surface area contributed by atoms with Crippen molar-refractivity contribution >= 4 is 17.5 Å². The van der Waals surface area contributed by atoms with Crippen LogP contribution in [0.3, 0.4) is 0 Å². The Hall–Kier alpha value is -0.480. The van der Waals surface area contributed by atoms with E-state index in [9.17, 15) is 4.79 Å². The molecule has 1 aliphatic carbocycles. The number of hydrogen-bond donors (Lipinski definition) is 0. The highest BCUT2D eigenvalue weighted by Crippen LogP contribution is 2.24. The molecule has 96 valence electrons. The van der Waals surface area contributed by atoms with Crippen molar-refractivity contribution in [1.82, 2.24) is 4.57 Å². The molecule has 1 aliphatic rings. The Morgan fingerprint density at radius 1 is 1.41 bits per heavy atom. The number of imidazole rings is 1. The molecule has 17 heavy (non-hydrogen) atoms. The fourth-order valence-electron chi connectivity index (χ4n) is 2.41. The molecule has 1 heterocycles. The van der Waals surface area contributed by atoms with Gasteiger partial charge in [-0.2, -0.15) is 0 Å². The van der Waals surface area contributed by atoms with E-state index in [0.29, 0.717) is 5.75 Å². The van der Waals surface area contributed by atoms with E-state index in [1.54, 1.807) is 18.7 Å². The molecule has 5 heteroatoms. The molecule has 1 aromatic heterocycles. The average Bonchev–Trinajstić information content (AvgIpc) is 2.50. The second kappa shape index (κ2) is 5.91. The van der Waals surface area contributed by atoms with E-state index in [0.717, 1.165) is 0 Å². The maximum absolute atomic E-state index is 11.0. The average molecular weight is 275 g/mol. The van der Waals surface area contributed by atoms with E-state index in [1.165, 1.54) is 42.2 Å². The lowest BCUT2D eigenvalue weighted by Crippen LogP contribution is -3.00. The highest BCUT2D eigenvalue weighted by atomic mass is 35.5. The topological polar surface area (TPSA) is 25.9 Å². The number of carbonyl (C=O) groups excluding carboxylic acids is 1. The summed E-state index contributed by atoms with van der Waals surface area (Å²) in [5.74, 6) is 0.814. The summed E-state index contributed by atoms with van der Waals surface area (Å²) in [5.41, 5.74) is 2.92. The van der Waals surface area contributed by atoms with Gasteiger partial charge in [0.25, 0.3) is 0 Å². The minimum absolute atomic E-state index is 0. The van der Waals surface area contributed by atoms with Gasteiger partial charge in [-0.05, 0) is 31.5 Å². The summed E-state index contributed by atoms with van der Waals surface area (Å²) in [6, 6.07) is 0. The van der Waals surface area contributed by atoms with Gasteiger partial charge in [-0.15, -0.1) is 0 Å². The maximum Gasteiger partial charge on any atom is 0.318 e. The van der Waals surface area contributed by atoms with E-state index >= 15 is 0 Å². The van der Waals surface area contributed by atoms with Gasteiger partial charge in [-0.3, -0.25) is 4.79 Å². The standard InChI is InChI=1S/C12H19N2OS.ClH/c1-9(15)8-16-12-13(2)10-6-4-5-7-11(10)14(12)3;/h4-8H2,1-3H3;1H/q+1;/p-1. The molecule has 0 spiro atoms. The monoisotopic (exact) mass is 274 g/mol. The summed E-state index contributed by atoms with van der Waals surface area (Å²) in [6.45, 7) is 1.65. The van der Waals surface area contributed by atoms with Crippen LogP contribution in [0.2, 0.25) is 0 Å². The van der Waals surface area contributed by atoms with Gasteiger partial charge in [-0.25, -0.2) is 9.13 Å². The number of hydrogen-bond acceptors (Lipinski definition) is 2. The van der Waals surface area contributed by atoms with E-state index < -0.39 is 0 Å². The Kier molecular flexibility index (Phi) is 5.07. The SMILES string of the molecule is CC(=O)CSc1n(C)c2c([n+]1C)CCCC2.[Cl-]. The Morgan fingerprint density at radius 2 is 2.06 bits per heavy atom. The minimum atomic E-state index is 0. The van der Waals surface area contributed by atoms with Gasteiger partial charge in [0.05, 0.1) is 19.8 Å². The van der Waals surface area contributed by atoms with E-state index in [-0.39, 0.29) is 18.2 Å². The molecule has 0 fully saturated rings. The Labute approximate surface area is 113 Å². The van der Waals surface area contributed by atoms with Crippen LogP contribution < -0.4 is 17.0 Å². The zero-order chi connectivity index (χ0) is 11.7. The number of fused-ring (bicyclic) bond motifs is 1.